The minimum Gasteiger partial charge on any atom is -0.508 e. The van der Waals surface area contributed by atoms with E-state index in [1.807, 2.05) is 45.0 Å². The molecule has 0 aliphatic heterocycles. The Morgan fingerprint density at radius 1 is 1.11 bits per heavy atom. The molecular weight excluding hydrogens is 470 g/mol. The number of aryl methyl sites for hydroxylation is 1. The number of alkyl carbamates (subject to hydrolysis) is 1. The van der Waals surface area contributed by atoms with E-state index in [-0.39, 0.29) is 29.5 Å². The number of aromatic hydroxyl groups is 1. The Bertz CT molecular complexity index is 1120. The van der Waals surface area contributed by atoms with Gasteiger partial charge >= 0.3 is 6.09 Å². The van der Waals surface area contributed by atoms with Crippen LogP contribution >= 0.6 is 0 Å². The van der Waals surface area contributed by atoms with Gasteiger partial charge in [0.2, 0.25) is 5.91 Å². The Labute approximate surface area is 219 Å². The summed E-state index contributed by atoms with van der Waals surface area (Å²) in [6, 6.07) is 11.8. The lowest BCUT2D eigenvalue weighted by atomic mass is 9.95. The molecule has 8 heteroatoms. The first-order valence-electron chi connectivity index (χ1n) is 12.9. The van der Waals surface area contributed by atoms with Gasteiger partial charge in [-0.2, -0.15) is 0 Å². The summed E-state index contributed by atoms with van der Waals surface area (Å²) in [6.45, 7) is 11.0. The summed E-state index contributed by atoms with van der Waals surface area (Å²) in [5.74, 6) is -0.943. The molecule has 3 N–H and O–H groups in total. The minimum absolute atomic E-state index is 0.000237. The maximum Gasteiger partial charge on any atom is 0.408 e. The summed E-state index contributed by atoms with van der Waals surface area (Å²) in [6.07, 6.45) is 1.45. The van der Waals surface area contributed by atoms with Crippen molar-refractivity contribution in [1.82, 2.24) is 10.2 Å². The van der Waals surface area contributed by atoms with Crippen molar-refractivity contribution in [2.75, 3.05) is 5.32 Å². The third kappa shape index (κ3) is 7.47. The van der Waals surface area contributed by atoms with Crippen LogP contribution in [0.5, 0.6) is 5.75 Å². The van der Waals surface area contributed by atoms with Crippen molar-refractivity contribution in [1.29, 1.82) is 0 Å². The molecule has 0 bridgehead atoms. The quantitative estimate of drug-likeness (QED) is 0.425. The maximum absolute atomic E-state index is 14.2. The average molecular weight is 510 g/mol. The van der Waals surface area contributed by atoms with Crippen molar-refractivity contribution in [3.8, 4) is 5.75 Å². The number of para-hydroxylation sites is 1. The van der Waals surface area contributed by atoms with Crippen LogP contribution < -0.4 is 10.6 Å². The van der Waals surface area contributed by atoms with E-state index >= 15 is 0 Å². The molecule has 1 fully saturated rings. The smallest absolute Gasteiger partial charge is 0.408 e. The minimum atomic E-state index is -1.00. The van der Waals surface area contributed by atoms with Gasteiger partial charge in [0.05, 0.1) is 0 Å². The lowest BCUT2D eigenvalue weighted by molar-refractivity contribution is -0.142. The van der Waals surface area contributed by atoms with Gasteiger partial charge < -0.3 is 25.4 Å². The fraction of sp³-hybridized carbons (Fsp3) is 0.483. The number of benzene rings is 2. The summed E-state index contributed by atoms with van der Waals surface area (Å²) < 4.78 is 5.44. The van der Waals surface area contributed by atoms with Crippen LogP contribution in [-0.2, 0) is 14.3 Å². The van der Waals surface area contributed by atoms with Gasteiger partial charge in [-0.05, 0) is 75.8 Å². The Balaban J connectivity index is 2.01. The fourth-order valence-corrected chi connectivity index (χ4v) is 4.20. The monoisotopic (exact) mass is 509 g/mol. The van der Waals surface area contributed by atoms with Crippen LogP contribution in [0.2, 0.25) is 0 Å². The van der Waals surface area contributed by atoms with Gasteiger partial charge in [-0.15, -0.1) is 0 Å². The van der Waals surface area contributed by atoms with E-state index in [4.69, 9.17) is 4.74 Å². The molecule has 0 heterocycles. The number of hydrogen-bond donors (Lipinski definition) is 3. The second-order valence-electron chi connectivity index (χ2n) is 10.8. The predicted octanol–water partition coefficient (Wildman–Crippen LogP) is 5.31. The molecule has 0 saturated heterocycles. The van der Waals surface area contributed by atoms with Crippen molar-refractivity contribution < 1.29 is 24.2 Å². The van der Waals surface area contributed by atoms with Crippen molar-refractivity contribution in [2.24, 2.45) is 5.92 Å². The first kappa shape index (κ1) is 28.0. The van der Waals surface area contributed by atoms with E-state index in [1.165, 1.54) is 12.1 Å². The van der Waals surface area contributed by atoms with Crippen LogP contribution in [0.4, 0.5) is 10.5 Å². The summed E-state index contributed by atoms with van der Waals surface area (Å²) in [5, 5.41) is 15.9. The van der Waals surface area contributed by atoms with Crippen LogP contribution in [0, 0.1) is 12.8 Å². The molecule has 2 aromatic rings. The van der Waals surface area contributed by atoms with Crippen LogP contribution in [0.1, 0.15) is 71.0 Å². The Kier molecular flexibility index (Phi) is 8.84. The number of hydrogen-bond acceptors (Lipinski definition) is 5. The van der Waals surface area contributed by atoms with Crippen molar-refractivity contribution in [2.45, 2.75) is 84.5 Å². The number of ether oxygens (including phenoxy) is 1. The van der Waals surface area contributed by atoms with Gasteiger partial charge in [-0.25, -0.2) is 4.79 Å². The second-order valence-corrected chi connectivity index (χ2v) is 10.8. The number of nitrogens with one attached hydrogen (secondary N) is 2. The Hall–Kier alpha value is -3.55. The Morgan fingerprint density at radius 3 is 2.35 bits per heavy atom. The Morgan fingerprint density at radius 2 is 1.78 bits per heavy atom. The van der Waals surface area contributed by atoms with E-state index in [2.05, 4.69) is 10.6 Å². The van der Waals surface area contributed by atoms with E-state index in [9.17, 15) is 19.5 Å². The van der Waals surface area contributed by atoms with Gasteiger partial charge in [0.25, 0.3) is 5.91 Å². The maximum atomic E-state index is 14.2. The number of carbonyl (C=O) groups is 3. The summed E-state index contributed by atoms with van der Waals surface area (Å²) in [5.41, 5.74) is 1.30. The fourth-order valence-electron chi connectivity index (χ4n) is 4.20. The zero-order valence-electron chi connectivity index (χ0n) is 22.6. The number of rotatable bonds is 9. The summed E-state index contributed by atoms with van der Waals surface area (Å²) in [4.78, 5) is 42.3. The number of amides is 3. The van der Waals surface area contributed by atoms with Gasteiger partial charge in [0, 0.05) is 11.7 Å². The van der Waals surface area contributed by atoms with Crippen molar-refractivity contribution >= 4 is 23.6 Å². The number of nitrogens with zero attached hydrogens (tertiary/aromatic N) is 1. The third-order valence-electron chi connectivity index (χ3n) is 6.46. The van der Waals surface area contributed by atoms with Gasteiger partial charge in [0.1, 0.15) is 23.4 Å². The lowest BCUT2D eigenvalue weighted by Gasteiger charge is -2.36. The average Bonchev–Trinajstić information content (AvgIpc) is 3.65. The van der Waals surface area contributed by atoms with Crippen LogP contribution in [0.25, 0.3) is 0 Å². The van der Waals surface area contributed by atoms with Crippen molar-refractivity contribution in [3.05, 3.63) is 59.7 Å². The third-order valence-corrected chi connectivity index (χ3v) is 6.46. The van der Waals surface area contributed by atoms with Crippen LogP contribution in [0.3, 0.4) is 0 Å². The topological polar surface area (TPSA) is 108 Å². The van der Waals surface area contributed by atoms with Crippen LogP contribution in [-0.4, -0.2) is 45.6 Å². The van der Waals surface area contributed by atoms with Gasteiger partial charge in [-0.1, -0.05) is 50.6 Å². The molecule has 1 saturated carbocycles. The lowest BCUT2D eigenvalue weighted by Crippen LogP contribution is -2.55. The standard InChI is InChI=1S/C29H39N3O5/c1-7-18(2)24(31-28(36)37-29(4,5)6)27(35)32(21-15-16-21)25(20-12-10-13-22(33)17-20)26(34)30-23-14-9-8-11-19(23)3/h8-14,17-18,21,24-25,33H,7,15-16H2,1-6H3,(H,30,34)(H,31,36). The first-order valence-corrected chi connectivity index (χ1v) is 12.9. The number of carbonyl (C=O) groups excluding carboxylic acids is 3. The molecule has 1 aliphatic rings. The normalized spacial score (nSPS) is 15.7. The van der Waals surface area contributed by atoms with E-state index in [0.29, 0.717) is 17.7 Å². The molecule has 3 rings (SSSR count). The highest BCUT2D eigenvalue weighted by atomic mass is 16.6. The van der Waals surface area contributed by atoms with Gasteiger partial charge in [0.15, 0.2) is 0 Å². The SMILES string of the molecule is CCC(C)C(NC(=O)OC(C)(C)C)C(=O)N(C1CC1)C(C(=O)Nc1ccccc1C)c1cccc(O)c1. The molecule has 1 aliphatic carbocycles. The van der Waals surface area contributed by atoms with E-state index in [1.54, 1.807) is 37.8 Å². The largest absolute Gasteiger partial charge is 0.508 e. The first-order chi connectivity index (χ1) is 17.4. The molecule has 0 radical (unpaired) electrons. The molecule has 0 aromatic heterocycles. The summed E-state index contributed by atoms with van der Waals surface area (Å²) >= 11 is 0. The zero-order valence-corrected chi connectivity index (χ0v) is 22.6. The molecule has 0 spiro atoms. The second kappa shape index (κ2) is 11.7. The molecule has 3 unspecified atom stereocenters. The molecule has 2 aromatic carbocycles. The van der Waals surface area contributed by atoms with Gasteiger partial charge in [-0.3, -0.25) is 9.59 Å². The van der Waals surface area contributed by atoms with E-state index < -0.39 is 23.8 Å². The number of phenols is 1. The van der Waals surface area contributed by atoms with Crippen LogP contribution in [0.15, 0.2) is 48.5 Å². The summed E-state index contributed by atoms with van der Waals surface area (Å²) in [7, 11) is 0. The molecule has 200 valence electrons. The molecular formula is C29H39N3O5. The number of phenolic OH excluding ortho intramolecular Hbond substituents is 1. The highest BCUT2D eigenvalue weighted by Crippen LogP contribution is 2.37. The number of anilines is 1. The highest BCUT2D eigenvalue weighted by Gasteiger charge is 2.45. The van der Waals surface area contributed by atoms with E-state index in [0.717, 1.165) is 18.4 Å². The van der Waals surface area contributed by atoms with Crippen molar-refractivity contribution in [3.63, 3.8) is 0 Å². The highest BCUT2D eigenvalue weighted by molar-refractivity contribution is 5.99. The molecule has 3 amide bonds. The predicted molar refractivity (Wildman–Crippen MR) is 143 cm³/mol. The molecule has 3 atom stereocenters. The zero-order chi connectivity index (χ0) is 27.3. The molecule has 8 nitrogen and oxygen atoms in total. The molecule has 37 heavy (non-hydrogen) atoms.